The number of nitrogens with one attached hydrogen (secondary N) is 1. The minimum atomic E-state index is -0.576. The molecule has 0 aromatic carbocycles. The zero-order valence-electron chi connectivity index (χ0n) is 13.7. The van der Waals surface area contributed by atoms with Crippen LogP contribution in [0, 0.1) is 5.92 Å². The highest BCUT2D eigenvalue weighted by Gasteiger charge is 2.27. The molecule has 8 heteroatoms. The van der Waals surface area contributed by atoms with E-state index in [-0.39, 0.29) is 12.5 Å². The first-order chi connectivity index (χ1) is 10.3. The zero-order chi connectivity index (χ0) is 16.8. The van der Waals surface area contributed by atoms with Gasteiger partial charge in [0, 0.05) is 4.91 Å². The summed E-state index contributed by atoms with van der Waals surface area (Å²) in [5.74, 6) is 0.939. The molecule has 0 aliphatic heterocycles. The fraction of sp³-hybridized carbons (Fsp3) is 0.714. The number of carbonyl (C=O) groups is 1. The lowest BCUT2D eigenvalue weighted by Crippen LogP contribution is -2.37. The smallest absolute Gasteiger partial charge is 0.408 e. The maximum absolute atomic E-state index is 12.0. The number of ether oxygens (including phenoxy) is 1. The van der Waals surface area contributed by atoms with Crippen molar-refractivity contribution < 1.29 is 13.9 Å². The number of hydrogen-bond acceptors (Lipinski definition) is 5. The zero-order valence-corrected chi connectivity index (χ0v) is 13.7. The highest BCUT2D eigenvalue weighted by Crippen LogP contribution is 2.25. The molecule has 8 nitrogen and oxygen atoms in total. The molecule has 0 saturated heterocycles. The standard InChI is InChI=1S/C14H23N5O3/c1-6-9(2)11(18-13(20)22-14(3,4)5)12-16-7-10(21-12)8-17-19-15/h7,9,11H,6,8H2,1-5H3,(H,18,20)/t9-,11-/m0/s1. The summed E-state index contributed by atoms with van der Waals surface area (Å²) in [7, 11) is 0. The van der Waals surface area contributed by atoms with E-state index in [2.05, 4.69) is 20.3 Å². The largest absolute Gasteiger partial charge is 0.444 e. The second-order valence-corrected chi connectivity index (χ2v) is 6.06. The number of amides is 1. The van der Waals surface area contributed by atoms with Crippen molar-refractivity contribution in [2.24, 2.45) is 11.0 Å². The van der Waals surface area contributed by atoms with Crippen LogP contribution in [0.5, 0.6) is 0 Å². The fourth-order valence-corrected chi connectivity index (χ4v) is 1.76. The second kappa shape index (κ2) is 7.70. The number of alkyl carbamates (subject to hydrolysis) is 1. The summed E-state index contributed by atoms with van der Waals surface area (Å²) in [4.78, 5) is 18.8. The molecule has 1 aromatic rings. The third-order valence-electron chi connectivity index (χ3n) is 3.01. The van der Waals surface area contributed by atoms with Crippen LogP contribution in [0.25, 0.3) is 10.4 Å². The van der Waals surface area contributed by atoms with Crippen molar-refractivity contribution in [2.45, 2.75) is 59.2 Å². The van der Waals surface area contributed by atoms with E-state index < -0.39 is 17.7 Å². The van der Waals surface area contributed by atoms with Crippen LogP contribution < -0.4 is 5.32 Å². The summed E-state index contributed by atoms with van der Waals surface area (Å²) in [6.07, 6.45) is 1.80. The summed E-state index contributed by atoms with van der Waals surface area (Å²) in [6.45, 7) is 9.48. The summed E-state index contributed by atoms with van der Waals surface area (Å²) in [5, 5.41) is 6.21. The fourth-order valence-electron chi connectivity index (χ4n) is 1.76. The molecule has 2 atom stereocenters. The summed E-state index contributed by atoms with van der Waals surface area (Å²) in [5.41, 5.74) is 7.74. The van der Waals surface area contributed by atoms with Gasteiger partial charge >= 0.3 is 6.09 Å². The molecule has 0 spiro atoms. The highest BCUT2D eigenvalue weighted by molar-refractivity contribution is 5.68. The Morgan fingerprint density at radius 2 is 2.27 bits per heavy atom. The van der Waals surface area contributed by atoms with Crippen molar-refractivity contribution in [1.82, 2.24) is 10.3 Å². The van der Waals surface area contributed by atoms with Crippen molar-refractivity contribution in [1.29, 1.82) is 0 Å². The molecule has 0 radical (unpaired) electrons. The molecule has 22 heavy (non-hydrogen) atoms. The van der Waals surface area contributed by atoms with E-state index in [0.29, 0.717) is 11.7 Å². The molecule has 1 amide bonds. The number of rotatable bonds is 6. The molecule has 1 rings (SSSR count). The van der Waals surface area contributed by atoms with Crippen LogP contribution in [0.1, 0.15) is 58.7 Å². The Morgan fingerprint density at radius 3 is 2.82 bits per heavy atom. The lowest BCUT2D eigenvalue weighted by molar-refractivity contribution is 0.0474. The number of nitrogens with zero attached hydrogens (tertiary/aromatic N) is 4. The molecular formula is C14H23N5O3. The van der Waals surface area contributed by atoms with Gasteiger partial charge in [0.2, 0.25) is 5.89 Å². The lowest BCUT2D eigenvalue weighted by atomic mass is 9.99. The molecule has 0 aliphatic rings. The van der Waals surface area contributed by atoms with E-state index in [0.717, 1.165) is 6.42 Å². The minimum absolute atomic E-state index is 0.0865. The van der Waals surface area contributed by atoms with Gasteiger partial charge in [0.15, 0.2) is 0 Å². The Labute approximate surface area is 129 Å². The Balaban J connectivity index is 2.86. The average molecular weight is 309 g/mol. The third kappa shape index (κ3) is 5.65. The molecule has 122 valence electrons. The lowest BCUT2D eigenvalue weighted by Gasteiger charge is -2.25. The van der Waals surface area contributed by atoms with Crippen molar-refractivity contribution in [2.75, 3.05) is 0 Å². The van der Waals surface area contributed by atoms with Gasteiger partial charge in [0.05, 0.1) is 12.7 Å². The quantitative estimate of drug-likeness (QED) is 0.484. The summed E-state index contributed by atoms with van der Waals surface area (Å²) >= 11 is 0. The Hall–Kier alpha value is -2.21. The first-order valence-electron chi connectivity index (χ1n) is 7.21. The van der Waals surface area contributed by atoms with E-state index in [1.807, 2.05) is 13.8 Å². The van der Waals surface area contributed by atoms with Gasteiger partial charge < -0.3 is 14.5 Å². The molecule has 0 aliphatic carbocycles. The molecule has 0 fully saturated rings. The van der Waals surface area contributed by atoms with Crippen LogP contribution in [0.4, 0.5) is 4.79 Å². The predicted molar refractivity (Wildman–Crippen MR) is 80.9 cm³/mol. The van der Waals surface area contributed by atoms with Crippen molar-refractivity contribution in [3.63, 3.8) is 0 Å². The van der Waals surface area contributed by atoms with Crippen molar-refractivity contribution in [3.05, 3.63) is 28.3 Å². The summed E-state index contributed by atoms with van der Waals surface area (Å²) < 4.78 is 10.8. The van der Waals surface area contributed by atoms with Gasteiger partial charge in [-0.25, -0.2) is 9.78 Å². The normalized spacial score (nSPS) is 13.9. The number of aromatic nitrogens is 1. The minimum Gasteiger partial charge on any atom is -0.444 e. The third-order valence-corrected chi connectivity index (χ3v) is 3.01. The maximum Gasteiger partial charge on any atom is 0.408 e. The van der Waals surface area contributed by atoms with E-state index in [4.69, 9.17) is 14.7 Å². The number of oxazole rings is 1. The molecular weight excluding hydrogens is 286 g/mol. The summed E-state index contributed by atoms with van der Waals surface area (Å²) in [6, 6.07) is -0.403. The SMILES string of the molecule is CC[C@H](C)[C@H](NC(=O)OC(C)(C)C)c1ncc(CN=[N+]=[N-])o1. The molecule has 0 bridgehead atoms. The molecule has 0 saturated carbocycles. The van der Waals surface area contributed by atoms with Gasteiger partial charge in [-0.2, -0.15) is 0 Å². The molecule has 1 aromatic heterocycles. The highest BCUT2D eigenvalue weighted by atomic mass is 16.6. The Bertz CT molecular complexity index is 543. The average Bonchev–Trinajstić information content (AvgIpc) is 2.88. The van der Waals surface area contributed by atoms with Gasteiger partial charge in [0.1, 0.15) is 17.4 Å². The monoisotopic (exact) mass is 309 g/mol. The van der Waals surface area contributed by atoms with Gasteiger partial charge in [-0.1, -0.05) is 25.4 Å². The predicted octanol–water partition coefficient (Wildman–Crippen LogP) is 4.10. The number of hydrogen-bond donors (Lipinski definition) is 1. The first kappa shape index (κ1) is 17.8. The van der Waals surface area contributed by atoms with Gasteiger partial charge in [-0.05, 0) is 32.2 Å². The Morgan fingerprint density at radius 1 is 1.59 bits per heavy atom. The van der Waals surface area contributed by atoms with Crippen LogP contribution in [-0.2, 0) is 11.3 Å². The van der Waals surface area contributed by atoms with Crippen molar-refractivity contribution >= 4 is 6.09 Å². The molecule has 1 N–H and O–H groups in total. The molecule has 1 heterocycles. The van der Waals surface area contributed by atoms with E-state index in [1.165, 1.54) is 6.20 Å². The first-order valence-corrected chi connectivity index (χ1v) is 7.21. The second-order valence-electron chi connectivity index (χ2n) is 6.06. The van der Waals surface area contributed by atoms with Crippen LogP contribution in [0.2, 0.25) is 0 Å². The maximum atomic E-state index is 12.0. The number of azide groups is 1. The van der Waals surface area contributed by atoms with E-state index >= 15 is 0 Å². The van der Waals surface area contributed by atoms with E-state index in [9.17, 15) is 4.79 Å². The van der Waals surface area contributed by atoms with E-state index in [1.54, 1.807) is 20.8 Å². The number of carbonyl (C=O) groups excluding carboxylic acids is 1. The van der Waals surface area contributed by atoms with Crippen molar-refractivity contribution in [3.8, 4) is 0 Å². The topological polar surface area (TPSA) is 113 Å². The van der Waals surface area contributed by atoms with Gasteiger partial charge in [-0.15, -0.1) is 0 Å². The van der Waals surface area contributed by atoms with Crippen LogP contribution in [0.3, 0.4) is 0 Å². The van der Waals surface area contributed by atoms with Crippen LogP contribution in [0.15, 0.2) is 15.7 Å². The van der Waals surface area contributed by atoms with Gasteiger partial charge in [-0.3, -0.25) is 0 Å². The van der Waals surface area contributed by atoms with Gasteiger partial charge in [0.25, 0.3) is 0 Å². The molecule has 0 unspecified atom stereocenters. The van der Waals surface area contributed by atoms with Crippen LogP contribution in [-0.4, -0.2) is 16.7 Å². The van der Waals surface area contributed by atoms with Crippen LogP contribution >= 0.6 is 0 Å². The Kier molecular flexibility index (Phi) is 6.24.